The van der Waals surface area contributed by atoms with Crippen LogP contribution in [0.1, 0.15) is 32.4 Å². The summed E-state index contributed by atoms with van der Waals surface area (Å²) in [6, 6.07) is 7.05. The van der Waals surface area contributed by atoms with Crippen molar-refractivity contribution in [3.63, 3.8) is 0 Å². The van der Waals surface area contributed by atoms with Crippen molar-refractivity contribution < 1.29 is 14.7 Å². The number of likely N-dealkylation sites (N-methyl/N-ethyl adjacent to an activating group) is 1. The predicted molar refractivity (Wildman–Crippen MR) is 78.6 cm³/mol. The van der Waals surface area contributed by atoms with Crippen molar-refractivity contribution in [2.45, 2.75) is 26.8 Å². The van der Waals surface area contributed by atoms with Crippen LogP contribution >= 0.6 is 11.6 Å². The molecule has 0 saturated carbocycles. The number of carboxylic acid groups (broad SMARTS) is 1. The minimum absolute atomic E-state index is 0.0603. The summed E-state index contributed by atoms with van der Waals surface area (Å²) in [5, 5.41) is 9.56. The zero-order chi connectivity index (χ0) is 15.4. The summed E-state index contributed by atoms with van der Waals surface area (Å²) in [7, 11) is 1.65. The summed E-state index contributed by atoms with van der Waals surface area (Å²) in [4.78, 5) is 24.7. The number of rotatable bonds is 4. The van der Waals surface area contributed by atoms with Crippen LogP contribution in [0.25, 0.3) is 0 Å². The molecular formula is C15H18ClNO3. The molecule has 1 amide bonds. The fourth-order valence-corrected chi connectivity index (χ4v) is 1.85. The van der Waals surface area contributed by atoms with Crippen LogP contribution in [-0.2, 0) is 9.59 Å². The lowest BCUT2D eigenvalue weighted by Gasteiger charge is -2.26. The van der Waals surface area contributed by atoms with Gasteiger partial charge in [0.25, 0.3) is 0 Å². The van der Waals surface area contributed by atoms with E-state index in [1.165, 1.54) is 18.7 Å². The van der Waals surface area contributed by atoms with Gasteiger partial charge in [-0.2, -0.15) is 0 Å². The van der Waals surface area contributed by atoms with Crippen molar-refractivity contribution in [3.8, 4) is 0 Å². The van der Waals surface area contributed by atoms with Crippen molar-refractivity contribution in [3.05, 3.63) is 46.0 Å². The zero-order valence-electron chi connectivity index (χ0n) is 12.0. The van der Waals surface area contributed by atoms with Gasteiger partial charge in [-0.15, -0.1) is 0 Å². The maximum atomic E-state index is 12.2. The second-order valence-electron chi connectivity index (χ2n) is 4.70. The van der Waals surface area contributed by atoms with Gasteiger partial charge < -0.3 is 10.0 Å². The summed E-state index contributed by atoms with van der Waals surface area (Å²) in [6.45, 7) is 4.83. The second kappa shape index (κ2) is 6.57. The Kier molecular flexibility index (Phi) is 5.34. The van der Waals surface area contributed by atoms with Gasteiger partial charge in [-0.3, -0.25) is 4.79 Å². The first-order valence-electron chi connectivity index (χ1n) is 6.19. The monoisotopic (exact) mass is 295 g/mol. The summed E-state index contributed by atoms with van der Waals surface area (Å²) >= 11 is 5.83. The SMILES string of the molecule is CC(C(=O)O)=C(C)C(=O)N(C)C(C)c1ccc(Cl)cc1. The van der Waals surface area contributed by atoms with E-state index in [-0.39, 0.29) is 23.1 Å². The summed E-state index contributed by atoms with van der Waals surface area (Å²) in [5.41, 5.74) is 1.23. The van der Waals surface area contributed by atoms with E-state index in [0.717, 1.165) is 5.56 Å². The lowest BCUT2D eigenvalue weighted by atomic mass is 10.1. The van der Waals surface area contributed by atoms with Gasteiger partial charge in [0.05, 0.1) is 6.04 Å². The molecule has 0 fully saturated rings. The number of carbonyl (C=O) groups is 2. The minimum Gasteiger partial charge on any atom is -0.478 e. The molecule has 4 nitrogen and oxygen atoms in total. The molecule has 0 bridgehead atoms. The van der Waals surface area contributed by atoms with Crippen LogP contribution in [0.3, 0.4) is 0 Å². The number of hydrogen-bond acceptors (Lipinski definition) is 2. The van der Waals surface area contributed by atoms with Gasteiger partial charge in [0.15, 0.2) is 0 Å². The molecule has 0 aliphatic carbocycles. The molecule has 0 saturated heterocycles. The second-order valence-corrected chi connectivity index (χ2v) is 5.14. The molecule has 0 heterocycles. The molecule has 0 aliphatic rings. The predicted octanol–water partition coefficient (Wildman–Crippen LogP) is 3.28. The highest BCUT2D eigenvalue weighted by atomic mass is 35.5. The molecule has 1 aromatic rings. The molecule has 0 aromatic heterocycles. The molecule has 1 unspecified atom stereocenters. The van der Waals surface area contributed by atoms with Crippen LogP contribution in [0.4, 0.5) is 0 Å². The van der Waals surface area contributed by atoms with Crippen molar-refractivity contribution in [1.29, 1.82) is 0 Å². The minimum atomic E-state index is -1.08. The maximum Gasteiger partial charge on any atom is 0.331 e. The highest BCUT2D eigenvalue weighted by Gasteiger charge is 2.21. The molecule has 0 aliphatic heterocycles. The Balaban J connectivity index is 2.97. The van der Waals surface area contributed by atoms with Crippen LogP contribution in [0.2, 0.25) is 5.02 Å². The number of benzene rings is 1. The lowest BCUT2D eigenvalue weighted by Crippen LogP contribution is -2.31. The Bertz CT molecular complexity index is 549. The third-order valence-electron chi connectivity index (χ3n) is 3.46. The van der Waals surface area contributed by atoms with E-state index in [2.05, 4.69) is 0 Å². The number of amides is 1. The highest BCUT2D eigenvalue weighted by molar-refractivity contribution is 6.30. The number of nitrogens with zero attached hydrogens (tertiary/aromatic N) is 1. The Morgan fingerprint density at radius 2 is 1.65 bits per heavy atom. The van der Waals surface area contributed by atoms with Gasteiger partial charge in [-0.1, -0.05) is 23.7 Å². The first kappa shape index (κ1) is 16.2. The Morgan fingerprint density at radius 1 is 1.15 bits per heavy atom. The first-order valence-corrected chi connectivity index (χ1v) is 6.57. The van der Waals surface area contributed by atoms with E-state index in [9.17, 15) is 9.59 Å². The van der Waals surface area contributed by atoms with E-state index >= 15 is 0 Å². The number of carboxylic acids is 1. The van der Waals surface area contributed by atoms with Crippen LogP contribution in [0.15, 0.2) is 35.4 Å². The molecule has 1 aromatic carbocycles. The molecular weight excluding hydrogens is 278 g/mol. The van der Waals surface area contributed by atoms with Gasteiger partial charge in [0.2, 0.25) is 5.91 Å². The smallest absolute Gasteiger partial charge is 0.331 e. The van der Waals surface area contributed by atoms with Crippen LogP contribution < -0.4 is 0 Å². The van der Waals surface area contributed by atoms with Gasteiger partial charge in [0.1, 0.15) is 0 Å². The van der Waals surface area contributed by atoms with Crippen molar-refractivity contribution >= 4 is 23.5 Å². The molecule has 0 spiro atoms. The average molecular weight is 296 g/mol. The Morgan fingerprint density at radius 3 is 2.10 bits per heavy atom. The molecule has 1 atom stereocenters. The van der Waals surface area contributed by atoms with Crippen LogP contribution in [0, 0.1) is 0 Å². The normalized spacial score (nSPS) is 13.4. The third kappa shape index (κ3) is 3.61. The molecule has 0 radical (unpaired) electrons. The summed E-state index contributed by atoms with van der Waals surface area (Å²) in [6.07, 6.45) is 0. The zero-order valence-corrected chi connectivity index (χ0v) is 12.7. The highest BCUT2D eigenvalue weighted by Crippen LogP contribution is 2.22. The van der Waals surface area contributed by atoms with Crippen LogP contribution in [-0.4, -0.2) is 28.9 Å². The molecule has 108 valence electrons. The van der Waals surface area contributed by atoms with Crippen molar-refractivity contribution in [2.75, 3.05) is 7.05 Å². The maximum absolute atomic E-state index is 12.2. The third-order valence-corrected chi connectivity index (χ3v) is 3.71. The Hall–Kier alpha value is -1.81. The number of carbonyl (C=O) groups excluding carboxylic acids is 1. The fraction of sp³-hybridized carbons (Fsp3) is 0.333. The summed E-state index contributed by atoms with van der Waals surface area (Å²) < 4.78 is 0. The molecule has 1 N–H and O–H groups in total. The van der Waals surface area contributed by atoms with Crippen molar-refractivity contribution in [2.24, 2.45) is 0 Å². The van der Waals surface area contributed by atoms with E-state index in [4.69, 9.17) is 16.7 Å². The molecule has 20 heavy (non-hydrogen) atoms. The summed E-state index contributed by atoms with van der Waals surface area (Å²) in [5.74, 6) is -1.38. The van der Waals surface area contributed by atoms with E-state index in [0.29, 0.717) is 5.02 Å². The topological polar surface area (TPSA) is 57.6 Å². The quantitative estimate of drug-likeness (QED) is 0.867. The number of hydrogen-bond donors (Lipinski definition) is 1. The number of halogens is 1. The van der Waals surface area contributed by atoms with E-state index in [1.54, 1.807) is 19.2 Å². The van der Waals surface area contributed by atoms with E-state index < -0.39 is 5.97 Å². The number of aliphatic carboxylic acids is 1. The van der Waals surface area contributed by atoms with Gasteiger partial charge in [-0.05, 0) is 38.5 Å². The largest absolute Gasteiger partial charge is 0.478 e. The first-order chi connectivity index (χ1) is 9.25. The average Bonchev–Trinajstić information content (AvgIpc) is 2.44. The standard InChI is InChI=1S/C15H18ClNO3/c1-9(10(2)15(19)20)14(18)17(4)11(3)12-5-7-13(16)8-6-12/h5-8,11H,1-4H3,(H,19,20). The molecule has 5 heteroatoms. The van der Waals surface area contributed by atoms with Gasteiger partial charge >= 0.3 is 5.97 Å². The van der Waals surface area contributed by atoms with Gasteiger partial charge in [0, 0.05) is 23.2 Å². The fourth-order valence-electron chi connectivity index (χ4n) is 1.73. The van der Waals surface area contributed by atoms with Gasteiger partial charge in [-0.25, -0.2) is 4.79 Å². The van der Waals surface area contributed by atoms with Crippen LogP contribution in [0.5, 0.6) is 0 Å². The van der Waals surface area contributed by atoms with E-state index in [1.807, 2.05) is 19.1 Å². The lowest BCUT2D eigenvalue weighted by molar-refractivity contribution is -0.134. The molecule has 1 rings (SSSR count). The van der Waals surface area contributed by atoms with Crippen molar-refractivity contribution in [1.82, 2.24) is 4.90 Å². The Labute approximate surface area is 123 Å².